The molecule has 0 radical (unpaired) electrons. The van der Waals surface area contributed by atoms with E-state index in [1.54, 1.807) is 16.4 Å². The summed E-state index contributed by atoms with van der Waals surface area (Å²) in [6, 6.07) is 10.2. The van der Waals surface area contributed by atoms with E-state index in [0.717, 1.165) is 15.9 Å². The number of nitrogens with zero attached hydrogens (tertiary/aromatic N) is 1. The highest BCUT2D eigenvalue weighted by Crippen LogP contribution is 2.45. The van der Waals surface area contributed by atoms with Crippen molar-refractivity contribution in [1.29, 1.82) is 0 Å². The average molecular weight is 436 g/mol. The third-order valence-corrected chi connectivity index (χ3v) is 5.41. The molecule has 8 nitrogen and oxygen atoms in total. The van der Waals surface area contributed by atoms with Crippen LogP contribution in [-0.2, 0) is 10.3 Å². The number of thiophene rings is 1. The number of amides is 2. The van der Waals surface area contributed by atoms with Crippen LogP contribution in [0.2, 0.25) is 0 Å². The van der Waals surface area contributed by atoms with Crippen molar-refractivity contribution in [2.24, 2.45) is 0 Å². The minimum Gasteiger partial charge on any atom is -0.326 e. The van der Waals surface area contributed by atoms with Gasteiger partial charge in [0.2, 0.25) is 0 Å². The number of para-hydroxylation sites is 1. The Morgan fingerprint density at radius 1 is 1.07 bits per heavy atom. The number of halogens is 3. The monoisotopic (exact) mass is 436 g/mol. The lowest BCUT2D eigenvalue weighted by Gasteiger charge is -2.29. The lowest BCUT2D eigenvalue weighted by atomic mass is 9.92. The molecule has 0 fully saturated rings. The summed E-state index contributed by atoms with van der Waals surface area (Å²) in [5, 5.41) is 5.12. The fourth-order valence-electron chi connectivity index (χ4n) is 3.24. The number of alkyl halides is 3. The lowest BCUT2D eigenvalue weighted by Crippen LogP contribution is -2.62. The molecule has 30 heavy (non-hydrogen) atoms. The highest BCUT2D eigenvalue weighted by atomic mass is 32.1. The normalized spacial score (nSPS) is 18.0. The molecule has 0 spiro atoms. The summed E-state index contributed by atoms with van der Waals surface area (Å²) in [6.07, 6.45) is -5.39. The maximum atomic E-state index is 14.2. The zero-order valence-electron chi connectivity index (χ0n) is 14.7. The number of carbonyl (C=O) groups excluding carboxylic acids is 2. The van der Waals surface area contributed by atoms with E-state index in [4.69, 9.17) is 0 Å². The molecule has 2 aromatic heterocycles. The van der Waals surface area contributed by atoms with Gasteiger partial charge in [0.25, 0.3) is 22.9 Å². The fourth-order valence-corrected chi connectivity index (χ4v) is 3.86. The number of fused-ring (bicyclic) bond motifs is 1. The second kappa shape index (κ2) is 6.69. The van der Waals surface area contributed by atoms with Crippen LogP contribution in [0.25, 0.3) is 5.69 Å². The van der Waals surface area contributed by atoms with Crippen LogP contribution < -0.4 is 21.9 Å². The van der Waals surface area contributed by atoms with Gasteiger partial charge in [-0.05, 0) is 23.6 Å². The van der Waals surface area contributed by atoms with E-state index in [1.807, 2.05) is 5.32 Å². The predicted molar refractivity (Wildman–Crippen MR) is 101 cm³/mol. The maximum absolute atomic E-state index is 14.2. The average Bonchev–Trinajstić information content (AvgIpc) is 3.30. The molecule has 0 bridgehead atoms. The smallest absolute Gasteiger partial charge is 0.326 e. The number of benzene rings is 1. The van der Waals surface area contributed by atoms with E-state index in [0.29, 0.717) is 0 Å². The summed E-state index contributed by atoms with van der Waals surface area (Å²) in [5.74, 6) is -3.55. The standard InChI is InChI=1S/C18H11F3N4O4S/c19-18(20,21)17(24-13(26)10-7-4-8-30-10)11-12(22-15(17)28)25(16(29)23-14(11)27)9-5-2-1-3-6-9/h1-8H,(H,22,28)(H,24,26)(H,23,27,29). The molecule has 1 unspecified atom stereocenters. The number of carbonyl (C=O) groups is 2. The van der Waals surface area contributed by atoms with E-state index >= 15 is 0 Å². The number of rotatable bonds is 3. The van der Waals surface area contributed by atoms with Crippen LogP contribution in [0.4, 0.5) is 19.0 Å². The van der Waals surface area contributed by atoms with Gasteiger partial charge in [0.05, 0.1) is 10.6 Å². The molecule has 1 aliphatic heterocycles. The van der Waals surface area contributed by atoms with Crippen molar-refractivity contribution in [3.8, 4) is 5.69 Å². The Kier molecular flexibility index (Phi) is 4.38. The third kappa shape index (κ3) is 2.76. The van der Waals surface area contributed by atoms with Gasteiger partial charge < -0.3 is 10.6 Å². The van der Waals surface area contributed by atoms with Crippen molar-refractivity contribution in [2.75, 3.05) is 5.32 Å². The number of hydrogen-bond acceptors (Lipinski definition) is 5. The molecule has 0 saturated heterocycles. The molecular formula is C18H11F3N4O4S. The fraction of sp³-hybridized carbons (Fsp3) is 0.111. The summed E-state index contributed by atoms with van der Waals surface area (Å²) < 4.78 is 43.5. The Hall–Kier alpha value is -3.67. The van der Waals surface area contributed by atoms with Crippen LogP contribution in [0.3, 0.4) is 0 Å². The van der Waals surface area contributed by atoms with Crippen molar-refractivity contribution in [2.45, 2.75) is 11.7 Å². The van der Waals surface area contributed by atoms with Crippen molar-refractivity contribution < 1.29 is 22.8 Å². The Bertz CT molecular complexity index is 1270. The number of hydrogen-bond donors (Lipinski definition) is 3. The van der Waals surface area contributed by atoms with Gasteiger partial charge >= 0.3 is 11.9 Å². The molecule has 154 valence electrons. The van der Waals surface area contributed by atoms with E-state index in [1.165, 1.54) is 41.8 Å². The van der Waals surface area contributed by atoms with Gasteiger partial charge in [0, 0.05) is 0 Å². The molecule has 2 amide bonds. The van der Waals surface area contributed by atoms with Gasteiger partial charge in [-0.2, -0.15) is 13.2 Å². The Labute approximate surface area is 169 Å². The summed E-state index contributed by atoms with van der Waals surface area (Å²) in [4.78, 5) is 51.6. The Morgan fingerprint density at radius 2 is 1.77 bits per heavy atom. The first-order valence-electron chi connectivity index (χ1n) is 8.36. The molecule has 12 heteroatoms. The van der Waals surface area contributed by atoms with Gasteiger partial charge in [0.1, 0.15) is 11.4 Å². The first-order valence-corrected chi connectivity index (χ1v) is 9.24. The topological polar surface area (TPSA) is 113 Å². The molecule has 1 aliphatic rings. The first kappa shape index (κ1) is 19.6. The quantitative estimate of drug-likeness (QED) is 0.580. The molecule has 1 atom stereocenters. The molecule has 3 N–H and O–H groups in total. The summed E-state index contributed by atoms with van der Waals surface area (Å²) >= 11 is 0.861. The summed E-state index contributed by atoms with van der Waals surface area (Å²) in [7, 11) is 0. The molecular weight excluding hydrogens is 425 g/mol. The minimum absolute atomic E-state index is 0.0901. The van der Waals surface area contributed by atoms with Gasteiger partial charge in [-0.1, -0.05) is 24.3 Å². The van der Waals surface area contributed by atoms with Crippen LogP contribution in [-0.4, -0.2) is 27.5 Å². The van der Waals surface area contributed by atoms with Crippen molar-refractivity contribution >= 4 is 29.0 Å². The number of nitrogens with one attached hydrogen (secondary N) is 3. The molecule has 1 aromatic carbocycles. The number of H-pyrrole nitrogens is 1. The predicted octanol–water partition coefficient (Wildman–Crippen LogP) is 1.73. The zero-order valence-corrected chi connectivity index (χ0v) is 15.6. The van der Waals surface area contributed by atoms with Gasteiger partial charge in [-0.25, -0.2) is 9.36 Å². The van der Waals surface area contributed by atoms with Crippen molar-refractivity contribution in [3.05, 3.63) is 79.1 Å². The van der Waals surface area contributed by atoms with E-state index in [-0.39, 0.29) is 10.6 Å². The van der Waals surface area contributed by atoms with Crippen LogP contribution >= 0.6 is 11.3 Å². The molecule has 0 saturated carbocycles. The molecule has 3 aromatic rings. The van der Waals surface area contributed by atoms with Crippen molar-refractivity contribution in [3.63, 3.8) is 0 Å². The Morgan fingerprint density at radius 3 is 2.37 bits per heavy atom. The number of aromatic nitrogens is 2. The van der Waals surface area contributed by atoms with Gasteiger partial charge in [-0.15, -0.1) is 11.3 Å². The van der Waals surface area contributed by atoms with Gasteiger partial charge in [-0.3, -0.25) is 19.4 Å². The Balaban J connectivity index is 2.01. The van der Waals surface area contributed by atoms with Crippen LogP contribution in [0.5, 0.6) is 0 Å². The van der Waals surface area contributed by atoms with E-state index in [2.05, 4.69) is 0 Å². The molecule has 4 rings (SSSR count). The van der Waals surface area contributed by atoms with Crippen LogP contribution in [0.15, 0.2) is 57.4 Å². The number of anilines is 1. The van der Waals surface area contributed by atoms with E-state index in [9.17, 15) is 32.3 Å². The second-order valence-electron chi connectivity index (χ2n) is 6.29. The zero-order chi connectivity index (χ0) is 21.7. The van der Waals surface area contributed by atoms with Crippen LogP contribution in [0.1, 0.15) is 15.2 Å². The van der Waals surface area contributed by atoms with Gasteiger partial charge in [0.15, 0.2) is 0 Å². The largest absolute Gasteiger partial charge is 0.425 e. The minimum atomic E-state index is -5.39. The maximum Gasteiger partial charge on any atom is 0.425 e. The third-order valence-electron chi connectivity index (χ3n) is 4.54. The molecule has 0 aliphatic carbocycles. The lowest BCUT2D eigenvalue weighted by molar-refractivity contribution is -0.196. The highest BCUT2D eigenvalue weighted by molar-refractivity contribution is 7.12. The van der Waals surface area contributed by atoms with E-state index < -0.39 is 46.2 Å². The number of aromatic amines is 1. The highest BCUT2D eigenvalue weighted by Gasteiger charge is 2.68. The van der Waals surface area contributed by atoms with Crippen molar-refractivity contribution in [1.82, 2.24) is 14.9 Å². The summed E-state index contributed by atoms with van der Waals surface area (Å²) in [5.41, 5.74) is -7.18. The first-order chi connectivity index (χ1) is 14.2. The summed E-state index contributed by atoms with van der Waals surface area (Å²) in [6.45, 7) is 0. The van der Waals surface area contributed by atoms with Crippen LogP contribution in [0, 0.1) is 0 Å². The molecule has 3 heterocycles. The second-order valence-corrected chi connectivity index (χ2v) is 7.23. The SMILES string of the molecule is O=C(NC1(C(F)(F)F)C(=O)Nc2c1c(=O)[nH]c(=O)n2-c1ccccc1)c1cccs1.